The van der Waals surface area contributed by atoms with Gasteiger partial charge in [-0.2, -0.15) is 0 Å². The van der Waals surface area contributed by atoms with Crippen LogP contribution in [0.15, 0.2) is 36.4 Å². The average molecular weight is 201 g/mol. The third-order valence-electron chi connectivity index (χ3n) is 2.46. The van der Waals surface area contributed by atoms with Crippen LogP contribution < -0.4 is 0 Å². The van der Waals surface area contributed by atoms with Crippen molar-refractivity contribution in [2.75, 3.05) is 0 Å². The van der Waals surface area contributed by atoms with Gasteiger partial charge in [-0.1, -0.05) is 49.8 Å². The van der Waals surface area contributed by atoms with Gasteiger partial charge < -0.3 is 0 Å². The van der Waals surface area contributed by atoms with Crippen LogP contribution >= 0.6 is 0 Å². The highest BCUT2D eigenvalue weighted by molar-refractivity contribution is 5.12. The summed E-state index contributed by atoms with van der Waals surface area (Å²) in [5, 5.41) is 0. The van der Waals surface area contributed by atoms with Crippen molar-refractivity contribution < 1.29 is 0 Å². The van der Waals surface area contributed by atoms with Crippen LogP contribution in [-0.4, -0.2) is 0 Å². The van der Waals surface area contributed by atoms with Crippen molar-refractivity contribution in [3.63, 3.8) is 0 Å². The lowest BCUT2D eigenvalue weighted by Crippen LogP contribution is -1.84. The Labute approximate surface area is 94.0 Å². The Balaban J connectivity index is 2.02. The molecule has 1 aromatic rings. The van der Waals surface area contributed by atoms with Crippen molar-refractivity contribution in [2.45, 2.75) is 45.4 Å². The molecule has 0 aliphatic carbocycles. The number of hydrogen-bond acceptors (Lipinski definition) is 0. The summed E-state index contributed by atoms with van der Waals surface area (Å²) in [5.74, 6) is 0. The average Bonchev–Trinajstić information content (AvgIpc) is 2.29. The van der Waals surface area contributed by atoms with E-state index in [9.17, 15) is 0 Å². The Morgan fingerprint density at radius 1 is 1.13 bits per heavy atom. The van der Waals surface area contributed by atoms with Crippen LogP contribution in [0.25, 0.3) is 0 Å². The van der Waals surface area contributed by atoms with Crippen LogP contribution in [0.2, 0.25) is 0 Å². The van der Waals surface area contributed by atoms with Crippen LogP contribution in [0.1, 0.15) is 44.6 Å². The highest BCUT2D eigenvalue weighted by Gasteiger charge is 1.90. The standard InChI is InChI=1S/C15H21/c1-2-3-4-5-6-7-9-12-15-13-10-8-11-14-15/h4-5,8,10-11,13H,2-3,6-7,9,12H2,1H3. The Hall–Kier alpha value is -1.04. The second-order valence-corrected chi connectivity index (χ2v) is 3.89. The molecule has 0 spiro atoms. The summed E-state index contributed by atoms with van der Waals surface area (Å²) >= 11 is 0. The predicted octanol–water partition coefficient (Wildman–Crippen LogP) is 4.56. The molecule has 0 bridgehead atoms. The zero-order valence-corrected chi connectivity index (χ0v) is 9.71. The van der Waals surface area contributed by atoms with E-state index < -0.39 is 0 Å². The van der Waals surface area contributed by atoms with Crippen LogP contribution in [0.5, 0.6) is 0 Å². The molecule has 0 heteroatoms. The Bertz CT molecular complexity index is 259. The van der Waals surface area contributed by atoms with E-state index in [2.05, 4.69) is 37.3 Å². The first-order valence-corrected chi connectivity index (χ1v) is 6.04. The van der Waals surface area contributed by atoms with Crippen LogP contribution in [0, 0.1) is 6.07 Å². The maximum atomic E-state index is 3.26. The number of benzene rings is 1. The van der Waals surface area contributed by atoms with Crippen molar-refractivity contribution in [3.8, 4) is 0 Å². The molecule has 0 aliphatic rings. The normalized spacial score (nSPS) is 11.0. The number of rotatable bonds is 7. The van der Waals surface area contributed by atoms with Crippen LogP contribution in [0.3, 0.4) is 0 Å². The van der Waals surface area contributed by atoms with Gasteiger partial charge in [0.25, 0.3) is 0 Å². The third-order valence-corrected chi connectivity index (χ3v) is 2.46. The summed E-state index contributed by atoms with van der Waals surface area (Å²) < 4.78 is 0. The zero-order chi connectivity index (χ0) is 10.8. The summed E-state index contributed by atoms with van der Waals surface area (Å²) in [6.45, 7) is 2.22. The van der Waals surface area contributed by atoms with Crippen molar-refractivity contribution >= 4 is 0 Å². The van der Waals surface area contributed by atoms with Gasteiger partial charge in [0.2, 0.25) is 0 Å². The van der Waals surface area contributed by atoms with E-state index in [4.69, 9.17) is 0 Å². The van der Waals surface area contributed by atoms with Gasteiger partial charge in [0.1, 0.15) is 0 Å². The van der Waals surface area contributed by atoms with Gasteiger partial charge in [-0.25, -0.2) is 0 Å². The maximum Gasteiger partial charge on any atom is -0.0149 e. The van der Waals surface area contributed by atoms with Crippen molar-refractivity contribution in [1.82, 2.24) is 0 Å². The molecule has 1 aromatic carbocycles. The minimum Gasteiger partial charge on any atom is -0.0885 e. The Kier molecular flexibility index (Phi) is 6.64. The fraction of sp³-hybridized carbons (Fsp3) is 0.467. The van der Waals surface area contributed by atoms with Gasteiger partial charge in [-0.3, -0.25) is 0 Å². The van der Waals surface area contributed by atoms with E-state index in [1.165, 1.54) is 44.1 Å². The van der Waals surface area contributed by atoms with Gasteiger partial charge in [0.05, 0.1) is 0 Å². The number of aryl methyl sites for hydroxylation is 1. The summed E-state index contributed by atoms with van der Waals surface area (Å²) in [4.78, 5) is 0. The first kappa shape index (κ1) is 12.0. The number of unbranched alkanes of at least 4 members (excludes halogenated alkanes) is 3. The molecule has 0 amide bonds. The van der Waals surface area contributed by atoms with Gasteiger partial charge in [0.15, 0.2) is 0 Å². The zero-order valence-electron chi connectivity index (χ0n) is 9.71. The van der Waals surface area contributed by atoms with Gasteiger partial charge in [-0.05, 0) is 43.7 Å². The molecule has 0 aliphatic heterocycles. The fourth-order valence-corrected chi connectivity index (χ4v) is 1.57. The second-order valence-electron chi connectivity index (χ2n) is 3.89. The molecule has 0 unspecified atom stereocenters. The molecular formula is C15H21. The van der Waals surface area contributed by atoms with E-state index in [0.29, 0.717) is 0 Å². The summed E-state index contributed by atoms with van der Waals surface area (Å²) in [6.07, 6.45) is 12.1. The SMILES string of the molecule is CCCC=CCCCCc1[c]cccc1. The van der Waals surface area contributed by atoms with E-state index in [1.807, 2.05) is 12.1 Å². The van der Waals surface area contributed by atoms with Gasteiger partial charge >= 0.3 is 0 Å². The summed E-state index contributed by atoms with van der Waals surface area (Å²) in [5.41, 5.74) is 1.34. The molecule has 0 fully saturated rings. The Morgan fingerprint density at radius 3 is 2.73 bits per heavy atom. The minimum absolute atomic E-state index is 1.17. The molecule has 0 nitrogen and oxygen atoms in total. The van der Waals surface area contributed by atoms with Crippen LogP contribution in [0.4, 0.5) is 0 Å². The van der Waals surface area contributed by atoms with E-state index in [1.54, 1.807) is 0 Å². The molecule has 15 heavy (non-hydrogen) atoms. The monoisotopic (exact) mass is 201 g/mol. The highest BCUT2D eigenvalue weighted by atomic mass is 14.0. The molecular weight excluding hydrogens is 180 g/mol. The lowest BCUT2D eigenvalue weighted by atomic mass is 10.1. The molecule has 1 radical (unpaired) electrons. The number of hydrogen-bond donors (Lipinski definition) is 0. The molecule has 0 aromatic heterocycles. The molecule has 1 rings (SSSR count). The number of allylic oxidation sites excluding steroid dienone is 2. The van der Waals surface area contributed by atoms with E-state index in [0.717, 1.165) is 0 Å². The van der Waals surface area contributed by atoms with E-state index >= 15 is 0 Å². The predicted molar refractivity (Wildman–Crippen MR) is 66.9 cm³/mol. The maximum absolute atomic E-state index is 3.26. The molecule has 0 heterocycles. The van der Waals surface area contributed by atoms with Crippen molar-refractivity contribution in [1.29, 1.82) is 0 Å². The molecule has 0 N–H and O–H groups in total. The first-order valence-electron chi connectivity index (χ1n) is 6.04. The van der Waals surface area contributed by atoms with Gasteiger partial charge in [0, 0.05) is 0 Å². The largest absolute Gasteiger partial charge is 0.0885 e. The quantitative estimate of drug-likeness (QED) is 0.448. The minimum atomic E-state index is 1.17. The molecule has 0 saturated carbocycles. The lowest BCUT2D eigenvalue weighted by Gasteiger charge is -1.98. The fourth-order valence-electron chi connectivity index (χ4n) is 1.57. The van der Waals surface area contributed by atoms with Gasteiger partial charge in [-0.15, -0.1) is 0 Å². The van der Waals surface area contributed by atoms with Crippen molar-refractivity contribution in [3.05, 3.63) is 48.0 Å². The smallest absolute Gasteiger partial charge is 0.0149 e. The molecule has 0 saturated heterocycles. The molecule has 0 atom stereocenters. The van der Waals surface area contributed by atoms with Crippen LogP contribution in [-0.2, 0) is 6.42 Å². The lowest BCUT2D eigenvalue weighted by molar-refractivity contribution is 0.745. The highest BCUT2D eigenvalue weighted by Crippen LogP contribution is 2.06. The summed E-state index contributed by atoms with van der Waals surface area (Å²) in [6, 6.07) is 11.5. The second kappa shape index (κ2) is 8.28. The first-order chi connectivity index (χ1) is 7.43. The molecule has 81 valence electrons. The van der Waals surface area contributed by atoms with Crippen molar-refractivity contribution in [2.24, 2.45) is 0 Å². The van der Waals surface area contributed by atoms with E-state index in [-0.39, 0.29) is 0 Å². The summed E-state index contributed by atoms with van der Waals surface area (Å²) in [7, 11) is 0. The Morgan fingerprint density at radius 2 is 2.00 bits per heavy atom. The third kappa shape index (κ3) is 6.11. The topological polar surface area (TPSA) is 0 Å².